The number of halogens is 1. The third kappa shape index (κ3) is 8.03. The predicted octanol–water partition coefficient (Wildman–Crippen LogP) is 4.69. The molecular formula is C23H36BrN3O4S. The van der Waals surface area contributed by atoms with E-state index in [4.69, 9.17) is 4.74 Å². The average Bonchev–Trinajstić information content (AvgIpc) is 2.75. The van der Waals surface area contributed by atoms with Crippen LogP contribution in [0.1, 0.15) is 38.7 Å². The molecule has 0 aliphatic carbocycles. The van der Waals surface area contributed by atoms with E-state index in [-0.39, 0.29) is 24.5 Å². The van der Waals surface area contributed by atoms with Gasteiger partial charge in [-0.25, -0.2) is 17.5 Å². The molecular weight excluding hydrogens is 494 g/mol. The molecule has 1 amide bonds. The number of hydrogen-bond donors (Lipinski definition) is 1. The number of anilines is 1. The van der Waals surface area contributed by atoms with Crippen LogP contribution in [0.2, 0.25) is 0 Å². The van der Waals surface area contributed by atoms with Crippen LogP contribution in [0.5, 0.6) is 0 Å². The maximum absolute atomic E-state index is 12.5. The van der Waals surface area contributed by atoms with Gasteiger partial charge in [0.05, 0.1) is 11.4 Å². The zero-order valence-electron chi connectivity index (χ0n) is 19.6. The molecule has 2 aliphatic rings. The molecule has 3 rings (SSSR count). The van der Waals surface area contributed by atoms with Gasteiger partial charge in [-0.3, -0.25) is 4.90 Å². The molecule has 0 bridgehead atoms. The highest BCUT2D eigenvalue weighted by atomic mass is 79.9. The fraction of sp³-hybridized carbons (Fsp3) is 0.522. The molecule has 7 nitrogen and oxygen atoms in total. The lowest BCUT2D eigenvalue weighted by atomic mass is 10.0. The van der Waals surface area contributed by atoms with E-state index in [9.17, 15) is 13.2 Å². The Kier molecular flexibility index (Phi) is 12.2. The summed E-state index contributed by atoms with van der Waals surface area (Å²) in [6, 6.07) is 5.70. The van der Waals surface area contributed by atoms with Crippen molar-refractivity contribution >= 4 is 37.7 Å². The number of benzene rings is 1. The van der Waals surface area contributed by atoms with Crippen molar-refractivity contribution in [3.05, 3.63) is 53.0 Å². The van der Waals surface area contributed by atoms with Gasteiger partial charge in [-0.05, 0) is 58.5 Å². The van der Waals surface area contributed by atoms with Crippen LogP contribution in [0.4, 0.5) is 10.5 Å². The van der Waals surface area contributed by atoms with E-state index in [1.807, 2.05) is 46.1 Å². The van der Waals surface area contributed by atoms with E-state index in [1.165, 1.54) is 4.31 Å². The van der Waals surface area contributed by atoms with Gasteiger partial charge in [0.15, 0.2) is 0 Å². The van der Waals surface area contributed by atoms with Crippen molar-refractivity contribution in [2.24, 2.45) is 0 Å². The summed E-state index contributed by atoms with van der Waals surface area (Å²) < 4.78 is 32.7. The van der Waals surface area contributed by atoms with Crippen LogP contribution in [0, 0.1) is 0 Å². The first-order chi connectivity index (χ1) is 15.1. The van der Waals surface area contributed by atoms with Gasteiger partial charge < -0.3 is 10.1 Å². The Morgan fingerprint density at radius 2 is 1.88 bits per heavy atom. The first-order valence-electron chi connectivity index (χ1n) is 10.7. The highest BCUT2D eigenvalue weighted by Crippen LogP contribution is 2.34. The van der Waals surface area contributed by atoms with Gasteiger partial charge in [-0.1, -0.05) is 41.1 Å². The lowest BCUT2D eigenvalue weighted by Crippen LogP contribution is -2.50. The molecule has 32 heavy (non-hydrogen) atoms. The molecule has 2 aliphatic heterocycles. The minimum atomic E-state index is -3.34. The van der Waals surface area contributed by atoms with Crippen LogP contribution in [0.3, 0.4) is 0 Å². The van der Waals surface area contributed by atoms with Gasteiger partial charge in [0.25, 0.3) is 0 Å². The molecule has 9 heteroatoms. The van der Waals surface area contributed by atoms with Gasteiger partial charge in [0.1, 0.15) is 6.61 Å². The molecule has 0 aromatic heterocycles. The quantitative estimate of drug-likeness (QED) is 0.559. The molecule has 2 heterocycles. The van der Waals surface area contributed by atoms with Crippen molar-refractivity contribution < 1.29 is 17.9 Å². The van der Waals surface area contributed by atoms with Crippen LogP contribution < -0.4 is 10.2 Å². The molecule has 1 aromatic rings. The highest BCUT2D eigenvalue weighted by molar-refractivity contribution is 9.10. The van der Waals surface area contributed by atoms with Crippen LogP contribution in [-0.4, -0.2) is 57.8 Å². The first kappa shape index (κ1) is 28.4. The number of cyclic esters (lactones) is 1. The number of allylic oxidation sites excluding steroid dienone is 1. The van der Waals surface area contributed by atoms with Crippen LogP contribution in [-0.2, 0) is 21.4 Å². The number of rotatable bonds is 5. The number of nitrogens with one attached hydrogen (secondary N) is 1. The van der Waals surface area contributed by atoms with Gasteiger partial charge >= 0.3 is 6.09 Å². The van der Waals surface area contributed by atoms with Crippen molar-refractivity contribution in [3.8, 4) is 0 Å². The van der Waals surface area contributed by atoms with Gasteiger partial charge in [-0.2, -0.15) is 0 Å². The largest absolute Gasteiger partial charge is 0.444 e. The van der Waals surface area contributed by atoms with Crippen LogP contribution in [0.15, 0.2) is 47.5 Å². The van der Waals surface area contributed by atoms with E-state index >= 15 is 0 Å². The second kappa shape index (κ2) is 13.8. The molecule has 0 atom stereocenters. The number of hydrogen-bond acceptors (Lipinski definition) is 5. The fourth-order valence-electron chi connectivity index (χ4n) is 3.39. The number of amides is 1. The Hall–Kier alpha value is -1.68. The highest BCUT2D eigenvalue weighted by Gasteiger charge is 2.36. The number of fused-ring (bicyclic) bond motifs is 1. The maximum atomic E-state index is 12.5. The third-order valence-electron chi connectivity index (χ3n) is 4.92. The topological polar surface area (TPSA) is 79.0 Å². The summed E-state index contributed by atoms with van der Waals surface area (Å²) in [7, 11) is 0.414. The zero-order chi connectivity index (χ0) is 24.3. The van der Waals surface area contributed by atoms with Crippen LogP contribution in [0.25, 0.3) is 0 Å². The zero-order valence-corrected chi connectivity index (χ0v) is 22.0. The Morgan fingerprint density at radius 1 is 1.31 bits per heavy atom. The van der Waals surface area contributed by atoms with E-state index in [1.54, 1.807) is 11.0 Å². The average molecular weight is 531 g/mol. The summed E-state index contributed by atoms with van der Waals surface area (Å²) in [6.45, 7) is 12.0. The molecule has 0 saturated carbocycles. The van der Waals surface area contributed by atoms with E-state index in [0.717, 1.165) is 15.7 Å². The summed E-state index contributed by atoms with van der Waals surface area (Å²) >= 11 is 3.44. The molecule has 0 spiro atoms. The molecule has 1 saturated heterocycles. The lowest BCUT2D eigenvalue weighted by molar-refractivity contribution is 0.135. The SMILES string of the molecule is C=C(CC)CS(=O)(=O)N1CCC(N2C(=O)OCc3cc(Br)ccc32)CC1.C=CC.CNC. The summed E-state index contributed by atoms with van der Waals surface area (Å²) in [5, 5.41) is 2.75. The third-order valence-corrected chi connectivity index (χ3v) is 7.34. The van der Waals surface area contributed by atoms with Crippen LogP contribution >= 0.6 is 15.9 Å². The minimum absolute atomic E-state index is 0.00319. The normalized spacial score (nSPS) is 16.5. The molecule has 180 valence electrons. The number of ether oxygens (including phenoxy) is 1. The van der Waals surface area contributed by atoms with Gasteiger partial charge in [-0.15, -0.1) is 6.58 Å². The van der Waals surface area contributed by atoms with E-state index < -0.39 is 10.0 Å². The molecule has 1 N–H and O–H groups in total. The first-order valence-corrected chi connectivity index (χ1v) is 13.1. The molecule has 0 radical (unpaired) electrons. The summed E-state index contributed by atoms with van der Waals surface area (Å²) in [4.78, 5) is 14.0. The van der Waals surface area contributed by atoms with Crippen molar-refractivity contribution in [1.82, 2.24) is 9.62 Å². The van der Waals surface area contributed by atoms with Crippen molar-refractivity contribution in [2.45, 2.75) is 45.8 Å². The lowest BCUT2D eigenvalue weighted by Gasteiger charge is -2.39. The summed E-state index contributed by atoms with van der Waals surface area (Å²) in [5.74, 6) is -0.00319. The molecule has 1 fully saturated rings. The van der Waals surface area contributed by atoms with Gasteiger partial charge in [0, 0.05) is 29.2 Å². The smallest absolute Gasteiger partial charge is 0.414 e. The number of carbonyl (C=O) groups is 1. The second-order valence-electron chi connectivity index (χ2n) is 7.60. The van der Waals surface area contributed by atoms with Crippen molar-refractivity contribution in [3.63, 3.8) is 0 Å². The standard InChI is InChI=1S/C18H23BrN2O4S.C3H6.C2H7N/c1-3-13(2)12-26(23,24)20-8-6-16(7-9-20)21-17-5-4-15(19)10-14(17)11-25-18(21)22;2*1-3-2/h4-5,10,16H,2-3,6-9,11-12H2,1H3;3H,1H2,2H3;3H,1-2H3. The van der Waals surface area contributed by atoms with E-state index in [0.29, 0.717) is 37.9 Å². The second-order valence-corrected chi connectivity index (χ2v) is 10.5. The Balaban J connectivity index is 0.000000769. The Labute approximate surface area is 201 Å². The van der Waals surface area contributed by atoms with Crippen molar-refractivity contribution in [2.75, 3.05) is 37.8 Å². The predicted molar refractivity (Wildman–Crippen MR) is 135 cm³/mol. The number of sulfonamides is 1. The minimum Gasteiger partial charge on any atom is -0.444 e. The fourth-order valence-corrected chi connectivity index (χ4v) is 5.47. The molecule has 1 aromatic carbocycles. The van der Waals surface area contributed by atoms with Crippen molar-refractivity contribution in [1.29, 1.82) is 0 Å². The Bertz CT molecular complexity index is 881. The number of carbonyl (C=O) groups excluding carboxylic acids is 1. The number of nitrogens with zero attached hydrogens (tertiary/aromatic N) is 2. The number of piperidine rings is 1. The maximum Gasteiger partial charge on any atom is 0.414 e. The molecule has 0 unspecified atom stereocenters. The van der Waals surface area contributed by atoms with E-state index in [2.05, 4.69) is 34.4 Å². The summed E-state index contributed by atoms with van der Waals surface area (Å²) in [6.07, 6.45) is 3.22. The monoisotopic (exact) mass is 529 g/mol. The summed E-state index contributed by atoms with van der Waals surface area (Å²) in [5.41, 5.74) is 2.52. The van der Waals surface area contributed by atoms with Gasteiger partial charge in [0.2, 0.25) is 10.0 Å². The Morgan fingerprint density at radius 3 is 2.41 bits per heavy atom.